The van der Waals surface area contributed by atoms with Crippen LogP contribution in [0.1, 0.15) is 31.4 Å². The average molecular weight is 362 g/mol. The van der Waals surface area contributed by atoms with Crippen LogP contribution in [0.4, 0.5) is 0 Å². The summed E-state index contributed by atoms with van der Waals surface area (Å²) in [6, 6.07) is 5.75. The van der Waals surface area contributed by atoms with E-state index in [2.05, 4.69) is 22.6 Å². The fourth-order valence-corrected chi connectivity index (χ4v) is 2.50. The summed E-state index contributed by atoms with van der Waals surface area (Å²) in [5.41, 5.74) is 12.3. The van der Waals surface area contributed by atoms with Crippen molar-refractivity contribution in [2.24, 2.45) is 17.4 Å². The van der Waals surface area contributed by atoms with Gasteiger partial charge in [-0.3, -0.25) is 4.79 Å². The molecule has 0 radical (unpaired) electrons. The zero-order valence-electron chi connectivity index (χ0n) is 10.7. The fourth-order valence-electron chi connectivity index (χ4n) is 1.98. The number of methoxy groups -OCH3 is 1. The van der Waals surface area contributed by atoms with Crippen LogP contribution in [0.3, 0.4) is 0 Å². The molecule has 4 nitrogen and oxygen atoms in total. The quantitative estimate of drug-likeness (QED) is 0.762. The Kier molecular flexibility index (Phi) is 5.87. The summed E-state index contributed by atoms with van der Waals surface area (Å²) in [5.74, 6) is 0.665. The van der Waals surface area contributed by atoms with Gasteiger partial charge in [-0.05, 0) is 53.1 Å². The number of rotatable bonds is 6. The van der Waals surface area contributed by atoms with Crippen molar-refractivity contribution in [2.75, 3.05) is 7.11 Å². The minimum absolute atomic E-state index is 0.149. The highest BCUT2D eigenvalue weighted by Crippen LogP contribution is 2.29. The Labute approximate surface area is 121 Å². The van der Waals surface area contributed by atoms with Gasteiger partial charge in [-0.1, -0.05) is 6.92 Å². The van der Waals surface area contributed by atoms with Crippen molar-refractivity contribution in [3.63, 3.8) is 0 Å². The molecule has 5 heteroatoms. The van der Waals surface area contributed by atoms with Gasteiger partial charge in [0.15, 0.2) is 0 Å². The van der Waals surface area contributed by atoms with Crippen molar-refractivity contribution >= 4 is 28.5 Å². The number of amides is 1. The highest BCUT2D eigenvalue weighted by molar-refractivity contribution is 14.1. The third-order valence-corrected chi connectivity index (χ3v) is 3.47. The predicted molar refractivity (Wildman–Crippen MR) is 80.2 cm³/mol. The molecule has 1 rings (SSSR count). The van der Waals surface area contributed by atoms with Crippen molar-refractivity contribution in [2.45, 2.75) is 25.8 Å². The summed E-state index contributed by atoms with van der Waals surface area (Å²) in [6.07, 6.45) is 1.07. The lowest BCUT2D eigenvalue weighted by Crippen LogP contribution is -2.20. The van der Waals surface area contributed by atoms with E-state index in [1.165, 1.54) is 0 Å². The van der Waals surface area contributed by atoms with Gasteiger partial charge in [-0.2, -0.15) is 0 Å². The molecule has 0 spiro atoms. The van der Waals surface area contributed by atoms with Crippen LogP contribution in [0.5, 0.6) is 5.75 Å². The van der Waals surface area contributed by atoms with Gasteiger partial charge >= 0.3 is 0 Å². The van der Waals surface area contributed by atoms with E-state index in [9.17, 15) is 4.79 Å². The Bertz CT molecular complexity index is 423. The molecule has 0 saturated carbocycles. The van der Waals surface area contributed by atoms with Gasteiger partial charge in [0.05, 0.1) is 7.11 Å². The maximum Gasteiger partial charge on any atom is 0.217 e. The molecule has 0 aliphatic carbocycles. The van der Waals surface area contributed by atoms with E-state index in [0.29, 0.717) is 12.8 Å². The lowest BCUT2D eigenvalue weighted by Gasteiger charge is -2.19. The Balaban J connectivity index is 2.79. The van der Waals surface area contributed by atoms with Crippen LogP contribution in [0.15, 0.2) is 18.2 Å². The molecule has 1 aromatic carbocycles. The molecular formula is C13H19IN2O2. The van der Waals surface area contributed by atoms with Crippen LogP contribution >= 0.6 is 22.6 Å². The maximum atomic E-state index is 10.9. The second-order valence-electron chi connectivity index (χ2n) is 4.50. The highest BCUT2D eigenvalue weighted by Gasteiger charge is 2.16. The largest absolute Gasteiger partial charge is 0.496 e. The number of benzene rings is 1. The smallest absolute Gasteiger partial charge is 0.217 e. The van der Waals surface area contributed by atoms with E-state index in [0.717, 1.165) is 14.9 Å². The first-order valence-corrected chi connectivity index (χ1v) is 6.89. The molecule has 18 heavy (non-hydrogen) atoms. The van der Waals surface area contributed by atoms with Gasteiger partial charge in [-0.25, -0.2) is 0 Å². The third kappa shape index (κ3) is 4.45. The number of primary amides is 1. The molecule has 0 aromatic heterocycles. The Hall–Kier alpha value is -0.820. The van der Waals surface area contributed by atoms with E-state index in [-0.39, 0.29) is 17.9 Å². The van der Waals surface area contributed by atoms with Crippen LogP contribution in [0.25, 0.3) is 0 Å². The zero-order chi connectivity index (χ0) is 13.7. The van der Waals surface area contributed by atoms with Crippen molar-refractivity contribution in [1.29, 1.82) is 0 Å². The molecule has 0 bridgehead atoms. The Morgan fingerprint density at radius 1 is 1.50 bits per heavy atom. The SMILES string of the molecule is COc1ccc(I)cc1C(N)CC(C)CC(N)=O. The Morgan fingerprint density at radius 2 is 2.17 bits per heavy atom. The zero-order valence-corrected chi connectivity index (χ0v) is 12.8. The van der Waals surface area contributed by atoms with Gasteiger partial charge in [0.25, 0.3) is 0 Å². The second-order valence-corrected chi connectivity index (χ2v) is 5.75. The molecule has 0 saturated heterocycles. The van der Waals surface area contributed by atoms with Gasteiger partial charge < -0.3 is 16.2 Å². The van der Waals surface area contributed by atoms with E-state index in [4.69, 9.17) is 16.2 Å². The van der Waals surface area contributed by atoms with Crippen LogP contribution in [0, 0.1) is 9.49 Å². The number of halogens is 1. The van der Waals surface area contributed by atoms with E-state index in [1.54, 1.807) is 7.11 Å². The molecule has 0 aliphatic rings. The number of hydrogen-bond donors (Lipinski definition) is 2. The first-order chi connectivity index (χ1) is 8.43. The molecular weight excluding hydrogens is 343 g/mol. The summed E-state index contributed by atoms with van der Waals surface area (Å²) in [7, 11) is 1.63. The fraction of sp³-hybridized carbons (Fsp3) is 0.462. The molecule has 0 fully saturated rings. The number of carbonyl (C=O) groups is 1. The topological polar surface area (TPSA) is 78.3 Å². The van der Waals surface area contributed by atoms with Crippen LogP contribution in [-0.2, 0) is 4.79 Å². The summed E-state index contributed by atoms with van der Waals surface area (Å²) in [4.78, 5) is 10.9. The Morgan fingerprint density at radius 3 is 2.72 bits per heavy atom. The monoisotopic (exact) mass is 362 g/mol. The standard InChI is InChI=1S/C13H19IN2O2/c1-8(6-13(16)17)5-11(15)10-7-9(14)3-4-12(10)18-2/h3-4,7-8,11H,5-6,15H2,1-2H3,(H2,16,17). The minimum atomic E-state index is -0.288. The van der Waals surface area contributed by atoms with Crippen molar-refractivity contribution < 1.29 is 9.53 Å². The van der Waals surface area contributed by atoms with Gasteiger partial charge in [0, 0.05) is 21.6 Å². The van der Waals surface area contributed by atoms with Gasteiger partial charge in [0.2, 0.25) is 5.91 Å². The molecule has 0 heterocycles. The highest BCUT2D eigenvalue weighted by atomic mass is 127. The lowest BCUT2D eigenvalue weighted by molar-refractivity contribution is -0.118. The van der Waals surface area contributed by atoms with Crippen molar-refractivity contribution in [3.05, 3.63) is 27.3 Å². The summed E-state index contributed by atoms with van der Waals surface area (Å²) >= 11 is 2.24. The molecule has 1 aromatic rings. The van der Waals surface area contributed by atoms with Crippen LogP contribution in [-0.4, -0.2) is 13.0 Å². The number of ether oxygens (including phenoxy) is 1. The number of hydrogen-bond acceptors (Lipinski definition) is 3. The predicted octanol–water partition coefficient (Wildman–Crippen LogP) is 2.20. The minimum Gasteiger partial charge on any atom is -0.496 e. The third-order valence-electron chi connectivity index (χ3n) is 2.80. The summed E-state index contributed by atoms with van der Waals surface area (Å²) in [6.45, 7) is 1.98. The number of nitrogens with two attached hydrogens (primary N) is 2. The second kappa shape index (κ2) is 6.94. The lowest BCUT2D eigenvalue weighted by atomic mass is 9.94. The molecule has 1 amide bonds. The normalized spacial score (nSPS) is 14.0. The van der Waals surface area contributed by atoms with Gasteiger partial charge in [0.1, 0.15) is 5.75 Å². The maximum absolute atomic E-state index is 10.9. The molecule has 2 atom stereocenters. The summed E-state index contributed by atoms with van der Waals surface area (Å²) in [5, 5.41) is 0. The molecule has 0 aliphatic heterocycles. The van der Waals surface area contributed by atoms with Crippen molar-refractivity contribution in [1.82, 2.24) is 0 Å². The summed E-state index contributed by atoms with van der Waals surface area (Å²) < 4.78 is 6.42. The number of carbonyl (C=O) groups excluding carboxylic acids is 1. The van der Waals surface area contributed by atoms with Crippen LogP contribution < -0.4 is 16.2 Å². The molecule has 2 unspecified atom stereocenters. The first-order valence-electron chi connectivity index (χ1n) is 5.81. The van der Waals surface area contributed by atoms with Crippen molar-refractivity contribution in [3.8, 4) is 5.75 Å². The first kappa shape index (κ1) is 15.2. The van der Waals surface area contributed by atoms with Gasteiger partial charge in [-0.15, -0.1) is 0 Å². The molecule has 100 valence electrons. The molecule has 4 N–H and O–H groups in total. The van der Waals surface area contributed by atoms with E-state index < -0.39 is 0 Å². The van der Waals surface area contributed by atoms with E-state index in [1.807, 2.05) is 25.1 Å². The average Bonchev–Trinajstić information content (AvgIpc) is 2.27. The van der Waals surface area contributed by atoms with Crippen LogP contribution in [0.2, 0.25) is 0 Å². The van der Waals surface area contributed by atoms with E-state index >= 15 is 0 Å².